The molecule has 0 bridgehead atoms. The van der Waals surface area contributed by atoms with E-state index in [0.717, 1.165) is 35.4 Å². The van der Waals surface area contributed by atoms with E-state index in [2.05, 4.69) is 35.9 Å². The molecule has 2 rings (SSSR count). The van der Waals surface area contributed by atoms with Gasteiger partial charge in [0.2, 0.25) is 0 Å². The van der Waals surface area contributed by atoms with Crippen LogP contribution < -0.4 is 10.2 Å². The van der Waals surface area contributed by atoms with Gasteiger partial charge in [0.05, 0.1) is 17.6 Å². The molecule has 1 aromatic rings. The van der Waals surface area contributed by atoms with Crippen molar-refractivity contribution in [1.82, 2.24) is 10.3 Å². The van der Waals surface area contributed by atoms with Crippen LogP contribution in [0.15, 0.2) is 16.7 Å². The molecule has 1 aromatic heterocycles. The average Bonchev–Trinajstić information content (AvgIpc) is 2.77. The number of amides is 1. The molecule has 0 aromatic carbocycles. The van der Waals surface area contributed by atoms with E-state index in [1.807, 2.05) is 19.2 Å². The van der Waals surface area contributed by atoms with Gasteiger partial charge in [0.15, 0.2) is 0 Å². The monoisotopic (exact) mass is 313 g/mol. The number of alkyl carbamates (subject to hydrolysis) is 1. The predicted molar refractivity (Wildman–Crippen MR) is 72.8 cm³/mol. The Kier molecular flexibility index (Phi) is 4.06. The Balaban J connectivity index is 2.02. The fourth-order valence-electron chi connectivity index (χ4n) is 2.06. The van der Waals surface area contributed by atoms with Gasteiger partial charge in [-0.05, 0) is 40.9 Å². The second-order valence-electron chi connectivity index (χ2n) is 4.39. The van der Waals surface area contributed by atoms with Crippen LogP contribution in [0.25, 0.3) is 0 Å². The summed E-state index contributed by atoms with van der Waals surface area (Å²) in [6, 6.07) is 2.16. The molecule has 6 heteroatoms. The van der Waals surface area contributed by atoms with Gasteiger partial charge in [0.25, 0.3) is 0 Å². The van der Waals surface area contributed by atoms with Crippen molar-refractivity contribution in [2.24, 2.45) is 0 Å². The van der Waals surface area contributed by atoms with Gasteiger partial charge >= 0.3 is 6.09 Å². The zero-order valence-electron chi connectivity index (χ0n) is 10.4. The van der Waals surface area contributed by atoms with Crippen LogP contribution in [0.3, 0.4) is 0 Å². The number of hydrogen-bond donors (Lipinski definition) is 1. The molecule has 1 saturated heterocycles. The van der Waals surface area contributed by atoms with Crippen molar-refractivity contribution >= 4 is 27.8 Å². The molecule has 0 spiro atoms. The third-order valence-electron chi connectivity index (χ3n) is 2.95. The maximum atomic E-state index is 11.1. The van der Waals surface area contributed by atoms with Crippen LogP contribution >= 0.6 is 15.9 Å². The number of hydrogen-bond acceptors (Lipinski definition) is 4. The quantitative estimate of drug-likeness (QED) is 0.908. The van der Waals surface area contributed by atoms with E-state index in [1.165, 1.54) is 7.11 Å². The lowest BCUT2D eigenvalue weighted by Crippen LogP contribution is -2.37. The number of carbonyl (C=O) groups excluding carboxylic acids is 1. The van der Waals surface area contributed by atoms with E-state index in [0.29, 0.717) is 0 Å². The Hall–Kier alpha value is -1.30. The van der Waals surface area contributed by atoms with Crippen LogP contribution in [-0.2, 0) is 4.74 Å². The van der Waals surface area contributed by atoms with Crippen LogP contribution in [0.4, 0.5) is 10.6 Å². The highest BCUT2D eigenvalue weighted by molar-refractivity contribution is 9.10. The molecule has 1 atom stereocenters. The molecule has 1 unspecified atom stereocenters. The number of ether oxygens (including phenoxy) is 1. The van der Waals surface area contributed by atoms with Gasteiger partial charge in [-0.1, -0.05) is 0 Å². The molecule has 2 heterocycles. The van der Waals surface area contributed by atoms with Gasteiger partial charge < -0.3 is 15.0 Å². The number of rotatable bonds is 2. The molecule has 1 amide bonds. The third kappa shape index (κ3) is 2.93. The lowest BCUT2D eigenvalue weighted by molar-refractivity contribution is 0.167. The van der Waals surface area contributed by atoms with Crippen molar-refractivity contribution in [1.29, 1.82) is 0 Å². The van der Waals surface area contributed by atoms with Gasteiger partial charge in [0, 0.05) is 19.3 Å². The third-order valence-corrected chi connectivity index (χ3v) is 3.54. The average molecular weight is 314 g/mol. The summed E-state index contributed by atoms with van der Waals surface area (Å²) in [5.74, 6) is 0.926. The fourth-order valence-corrected chi connectivity index (χ4v) is 2.77. The summed E-state index contributed by atoms with van der Waals surface area (Å²) in [5.41, 5.74) is 1.12. The number of nitrogens with one attached hydrogen (secondary N) is 1. The Labute approximate surface area is 115 Å². The Morgan fingerprint density at radius 2 is 2.44 bits per heavy atom. The molecule has 1 fully saturated rings. The number of anilines is 1. The molecular formula is C12H16BrN3O2. The van der Waals surface area contributed by atoms with E-state index in [-0.39, 0.29) is 12.1 Å². The van der Waals surface area contributed by atoms with E-state index < -0.39 is 0 Å². The highest BCUT2D eigenvalue weighted by Crippen LogP contribution is 2.27. The van der Waals surface area contributed by atoms with Gasteiger partial charge in [-0.25, -0.2) is 9.78 Å². The van der Waals surface area contributed by atoms with Crippen LogP contribution in [0.2, 0.25) is 0 Å². The van der Waals surface area contributed by atoms with Crippen molar-refractivity contribution in [3.63, 3.8) is 0 Å². The number of aryl methyl sites for hydroxylation is 1. The summed E-state index contributed by atoms with van der Waals surface area (Å²) in [6.45, 7) is 3.64. The molecule has 1 aliphatic rings. The van der Waals surface area contributed by atoms with Crippen molar-refractivity contribution in [2.45, 2.75) is 19.4 Å². The highest BCUT2D eigenvalue weighted by atomic mass is 79.9. The maximum Gasteiger partial charge on any atom is 0.407 e. The van der Waals surface area contributed by atoms with Crippen LogP contribution in [0.5, 0.6) is 0 Å². The summed E-state index contributed by atoms with van der Waals surface area (Å²) in [4.78, 5) is 17.7. The second-order valence-corrected chi connectivity index (χ2v) is 5.24. The first-order valence-corrected chi connectivity index (χ1v) is 6.61. The SMILES string of the molecule is COC(=O)NC1CCN(c2ncc(C)cc2Br)C1. The number of carbonyl (C=O) groups is 1. The van der Waals surface area contributed by atoms with Gasteiger partial charge in [-0.2, -0.15) is 0 Å². The van der Waals surface area contributed by atoms with Crippen LogP contribution in [0, 0.1) is 6.92 Å². The standard InChI is InChI=1S/C12H16BrN3O2/c1-8-5-10(13)11(14-6-8)16-4-3-9(7-16)15-12(17)18-2/h5-6,9H,3-4,7H2,1-2H3,(H,15,17). The fraction of sp³-hybridized carbons (Fsp3) is 0.500. The first-order chi connectivity index (χ1) is 8.60. The zero-order valence-corrected chi connectivity index (χ0v) is 12.0. The van der Waals surface area contributed by atoms with Crippen molar-refractivity contribution in [2.75, 3.05) is 25.1 Å². The first kappa shape index (κ1) is 13.1. The number of methoxy groups -OCH3 is 1. The summed E-state index contributed by atoms with van der Waals surface area (Å²) in [5, 5.41) is 2.81. The van der Waals surface area contributed by atoms with Gasteiger partial charge in [0.1, 0.15) is 5.82 Å². The van der Waals surface area contributed by atoms with E-state index in [1.54, 1.807) is 0 Å². The normalized spacial score (nSPS) is 18.8. The molecule has 0 aliphatic carbocycles. The van der Waals surface area contributed by atoms with Gasteiger partial charge in [-0.15, -0.1) is 0 Å². The molecule has 0 saturated carbocycles. The number of halogens is 1. The van der Waals surface area contributed by atoms with Crippen molar-refractivity contribution < 1.29 is 9.53 Å². The minimum atomic E-state index is -0.377. The van der Waals surface area contributed by atoms with E-state index in [4.69, 9.17) is 0 Å². The molecule has 5 nitrogen and oxygen atoms in total. The summed E-state index contributed by atoms with van der Waals surface area (Å²) >= 11 is 3.53. The molecule has 98 valence electrons. The topological polar surface area (TPSA) is 54.5 Å². The van der Waals surface area contributed by atoms with Crippen molar-refractivity contribution in [3.8, 4) is 0 Å². The summed E-state index contributed by atoms with van der Waals surface area (Å²) in [7, 11) is 1.38. The second kappa shape index (κ2) is 5.56. The number of nitrogens with zero attached hydrogens (tertiary/aromatic N) is 2. The number of aromatic nitrogens is 1. The Bertz CT molecular complexity index is 453. The summed E-state index contributed by atoms with van der Waals surface area (Å²) < 4.78 is 5.59. The molecule has 1 N–H and O–H groups in total. The lowest BCUT2D eigenvalue weighted by atomic mass is 10.3. The molecular weight excluding hydrogens is 298 g/mol. The Morgan fingerprint density at radius 3 is 3.11 bits per heavy atom. The summed E-state index contributed by atoms with van der Waals surface area (Å²) in [6.07, 6.45) is 2.37. The number of pyridine rings is 1. The lowest BCUT2D eigenvalue weighted by Gasteiger charge is -2.19. The van der Waals surface area contributed by atoms with Crippen LogP contribution in [0.1, 0.15) is 12.0 Å². The largest absolute Gasteiger partial charge is 0.453 e. The smallest absolute Gasteiger partial charge is 0.407 e. The van der Waals surface area contributed by atoms with Crippen LogP contribution in [-0.4, -0.2) is 37.3 Å². The Morgan fingerprint density at radius 1 is 1.67 bits per heavy atom. The first-order valence-electron chi connectivity index (χ1n) is 5.81. The predicted octanol–water partition coefficient (Wildman–Crippen LogP) is 2.09. The molecule has 18 heavy (non-hydrogen) atoms. The maximum absolute atomic E-state index is 11.1. The van der Waals surface area contributed by atoms with E-state index in [9.17, 15) is 4.79 Å². The molecule has 0 radical (unpaired) electrons. The zero-order chi connectivity index (χ0) is 13.1. The van der Waals surface area contributed by atoms with E-state index >= 15 is 0 Å². The highest BCUT2D eigenvalue weighted by Gasteiger charge is 2.26. The van der Waals surface area contributed by atoms with Gasteiger partial charge in [-0.3, -0.25) is 0 Å². The molecule has 1 aliphatic heterocycles. The minimum Gasteiger partial charge on any atom is -0.453 e. The van der Waals surface area contributed by atoms with Crippen molar-refractivity contribution in [3.05, 3.63) is 22.3 Å². The minimum absolute atomic E-state index is 0.118.